The van der Waals surface area contributed by atoms with Gasteiger partial charge in [-0.1, -0.05) is 30.3 Å². The summed E-state index contributed by atoms with van der Waals surface area (Å²) in [4.78, 5) is 11.9. The van der Waals surface area contributed by atoms with Gasteiger partial charge in [-0.2, -0.15) is 0 Å². The third-order valence-corrected chi connectivity index (χ3v) is 3.04. The number of ketones is 1. The number of ether oxygens (including phenoxy) is 3. The van der Waals surface area contributed by atoms with Gasteiger partial charge in [0.25, 0.3) is 0 Å². The smallest absolute Gasteiger partial charge is 0.231 e. The minimum atomic E-state index is 0.0753. The van der Waals surface area contributed by atoms with E-state index in [0.717, 1.165) is 5.75 Å². The highest BCUT2D eigenvalue weighted by atomic mass is 16.7. The number of Topliss-reactive ketones (excluding diaryl/α,β-unsaturated/α-hetero) is 1. The molecule has 1 heterocycles. The van der Waals surface area contributed by atoms with E-state index in [1.165, 1.54) is 0 Å². The molecule has 102 valence electrons. The Bertz CT molecular complexity index is 607. The summed E-state index contributed by atoms with van der Waals surface area (Å²) in [5.74, 6) is 2.15. The fraction of sp³-hybridized carbons (Fsp3) is 0.188. The van der Waals surface area contributed by atoms with Gasteiger partial charge in [0.1, 0.15) is 5.75 Å². The molecule has 1 aliphatic rings. The van der Waals surface area contributed by atoms with Crippen molar-refractivity contribution in [1.29, 1.82) is 0 Å². The molecule has 0 spiro atoms. The predicted octanol–water partition coefficient (Wildman–Crippen LogP) is 3.07. The van der Waals surface area contributed by atoms with Crippen molar-refractivity contribution in [3.63, 3.8) is 0 Å². The van der Waals surface area contributed by atoms with Crippen molar-refractivity contribution in [2.24, 2.45) is 0 Å². The third kappa shape index (κ3) is 2.74. The standard InChI is InChI=1S/C16H14O4/c17-14(12-4-2-1-3-5-12)8-9-18-13-6-7-15-16(10-13)20-11-19-15/h1-7,10H,8-9,11H2. The van der Waals surface area contributed by atoms with Crippen LogP contribution in [0.15, 0.2) is 48.5 Å². The monoisotopic (exact) mass is 270 g/mol. The predicted molar refractivity (Wildman–Crippen MR) is 73.4 cm³/mol. The highest BCUT2D eigenvalue weighted by Gasteiger charge is 2.13. The largest absolute Gasteiger partial charge is 0.493 e. The summed E-state index contributed by atoms with van der Waals surface area (Å²) in [7, 11) is 0. The molecule has 0 unspecified atom stereocenters. The first-order chi connectivity index (χ1) is 9.83. The molecule has 0 fully saturated rings. The number of fused-ring (bicyclic) bond motifs is 1. The Morgan fingerprint density at radius 1 is 1.05 bits per heavy atom. The minimum absolute atomic E-state index is 0.0753. The second-order valence-electron chi connectivity index (χ2n) is 4.40. The molecule has 0 saturated heterocycles. The van der Waals surface area contributed by atoms with Gasteiger partial charge in [0.2, 0.25) is 6.79 Å². The number of hydrogen-bond acceptors (Lipinski definition) is 4. The second kappa shape index (κ2) is 5.65. The molecule has 0 aromatic heterocycles. The molecular formula is C16H14O4. The van der Waals surface area contributed by atoms with Gasteiger partial charge in [0.15, 0.2) is 17.3 Å². The average Bonchev–Trinajstić information content (AvgIpc) is 2.95. The lowest BCUT2D eigenvalue weighted by atomic mass is 10.1. The summed E-state index contributed by atoms with van der Waals surface area (Å²) in [6.45, 7) is 0.582. The third-order valence-electron chi connectivity index (χ3n) is 3.04. The van der Waals surface area contributed by atoms with Crippen LogP contribution in [-0.2, 0) is 0 Å². The molecule has 0 amide bonds. The number of carbonyl (C=O) groups is 1. The van der Waals surface area contributed by atoms with Crippen molar-refractivity contribution in [3.8, 4) is 17.2 Å². The van der Waals surface area contributed by atoms with Gasteiger partial charge in [0, 0.05) is 18.1 Å². The lowest BCUT2D eigenvalue weighted by Crippen LogP contribution is -2.06. The van der Waals surface area contributed by atoms with E-state index in [-0.39, 0.29) is 12.6 Å². The van der Waals surface area contributed by atoms with Crippen molar-refractivity contribution in [2.75, 3.05) is 13.4 Å². The van der Waals surface area contributed by atoms with Gasteiger partial charge < -0.3 is 14.2 Å². The van der Waals surface area contributed by atoms with Crippen molar-refractivity contribution in [3.05, 3.63) is 54.1 Å². The van der Waals surface area contributed by atoms with Crippen molar-refractivity contribution < 1.29 is 19.0 Å². The number of benzene rings is 2. The molecule has 0 N–H and O–H groups in total. The fourth-order valence-electron chi connectivity index (χ4n) is 2.00. The summed E-state index contributed by atoms with van der Waals surface area (Å²) < 4.78 is 16.1. The van der Waals surface area contributed by atoms with E-state index in [1.807, 2.05) is 30.3 Å². The van der Waals surface area contributed by atoms with E-state index in [4.69, 9.17) is 14.2 Å². The molecule has 2 aromatic rings. The van der Waals surface area contributed by atoms with Gasteiger partial charge in [-0.05, 0) is 12.1 Å². The van der Waals surface area contributed by atoms with Crippen LogP contribution in [0.1, 0.15) is 16.8 Å². The SMILES string of the molecule is O=C(CCOc1ccc2c(c1)OCO2)c1ccccc1. The van der Waals surface area contributed by atoms with Crippen molar-refractivity contribution in [1.82, 2.24) is 0 Å². The van der Waals surface area contributed by atoms with Crippen molar-refractivity contribution >= 4 is 5.78 Å². The summed E-state index contributed by atoms with van der Waals surface area (Å²) >= 11 is 0. The quantitative estimate of drug-likeness (QED) is 0.783. The van der Waals surface area contributed by atoms with Gasteiger partial charge >= 0.3 is 0 Å². The van der Waals surface area contributed by atoms with Crippen LogP contribution in [-0.4, -0.2) is 19.2 Å². The van der Waals surface area contributed by atoms with Crippen LogP contribution < -0.4 is 14.2 Å². The molecule has 0 radical (unpaired) electrons. The molecule has 20 heavy (non-hydrogen) atoms. The molecular weight excluding hydrogens is 256 g/mol. The van der Waals surface area contributed by atoms with Crippen LogP contribution in [0, 0.1) is 0 Å². The molecule has 0 atom stereocenters. The first kappa shape index (κ1) is 12.5. The highest BCUT2D eigenvalue weighted by molar-refractivity contribution is 5.96. The van der Waals surface area contributed by atoms with Crippen LogP contribution in [0.25, 0.3) is 0 Å². The number of hydrogen-bond donors (Lipinski definition) is 0. The highest BCUT2D eigenvalue weighted by Crippen LogP contribution is 2.35. The molecule has 3 rings (SSSR count). The van der Waals surface area contributed by atoms with Crippen LogP contribution in [0.3, 0.4) is 0 Å². The van der Waals surface area contributed by atoms with Gasteiger partial charge in [-0.15, -0.1) is 0 Å². The maximum atomic E-state index is 11.9. The summed E-state index contributed by atoms with van der Waals surface area (Å²) in [6, 6.07) is 14.6. The lowest BCUT2D eigenvalue weighted by molar-refractivity contribution is 0.0962. The Hall–Kier alpha value is -2.49. The van der Waals surface area contributed by atoms with Crippen LogP contribution in [0.5, 0.6) is 17.2 Å². The minimum Gasteiger partial charge on any atom is -0.493 e. The van der Waals surface area contributed by atoms with Gasteiger partial charge in [-0.25, -0.2) is 0 Å². The maximum absolute atomic E-state index is 11.9. The van der Waals surface area contributed by atoms with Crippen LogP contribution in [0.2, 0.25) is 0 Å². The number of carbonyl (C=O) groups excluding carboxylic acids is 1. The van der Waals surface area contributed by atoms with Crippen LogP contribution >= 0.6 is 0 Å². The Balaban J connectivity index is 1.54. The summed E-state index contributed by atoms with van der Waals surface area (Å²) in [5, 5.41) is 0. The first-order valence-corrected chi connectivity index (χ1v) is 6.43. The molecule has 4 nitrogen and oxygen atoms in total. The van der Waals surface area contributed by atoms with E-state index in [1.54, 1.807) is 18.2 Å². The van der Waals surface area contributed by atoms with E-state index in [9.17, 15) is 4.79 Å². The molecule has 0 aliphatic carbocycles. The Morgan fingerprint density at radius 2 is 1.85 bits per heavy atom. The fourth-order valence-corrected chi connectivity index (χ4v) is 2.00. The zero-order valence-corrected chi connectivity index (χ0v) is 10.9. The number of rotatable bonds is 5. The Morgan fingerprint density at radius 3 is 2.70 bits per heavy atom. The van der Waals surface area contributed by atoms with E-state index >= 15 is 0 Å². The average molecular weight is 270 g/mol. The maximum Gasteiger partial charge on any atom is 0.231 e. The topological polar surface area (TPSA) is 44.8 Å². The van der Waals surface area contributed by atoms with E-state index < -0.39 is 0 Å². The lowest BCUT2D eigenvalue weighted by Gasteiger charge is -2.06. The zero-order chi connectivity index (χ0) is 13.8. The van der Waals surface area contributed by atoms with Crippen molar-refractivity contribution in [2.45, 2.75) is 6.42 Å². The molecule has 2 aromatic carbocycles. The van der Waals surface area contributed by atoms with Gasteiger partial charge in [0.05, 0.1) is 6.61 Å². The normalized spacial score (nSPS) is 12.2. The van der Waals surface area contributed by atoms with Crippen LogP contribution in [0.4, 0.5) is 0 Å². The zero-order valence-electron chi connectivity index (χ0n) is 10.9. The molecule has 0 bridgehead atoms. The molecule has 4 heteroatoms. The van der Waals surface area contributed by atoms with Gasteiger partial charge in [-0.3, -0.25) is 4.79 Å². The molecule has 1 aliphatic heterocycles. The van der Waals surface area contributed by atoms with E-state index in [0.29, 0.717) is 30.1 Å². The van der Waals surface area contributed by atoms with E-state index in [2.05, 4.69) is 0 Å². The summed E-state index contributed by atoms with van der Waals surface area (Å²) in [5.41, 5.74) is 0.710. The Labute approximate surface area is 116 Å². The first-order valence-electron chi connectivity index (χ1n) is 6.43. The Kier molecular flexibility index (Phi) is 3.54. The summed E-state index contributed by atoms with van der Waals surface area (Å²) in [6.07, 6.45) is 0.346. The second-order valence-corrected chi connectivity index (χ2v) is 4.40. The molecule has 0 saturated carbocycles.